The van der Waals surface area contributed by atoms with Crippen molar-refractivity contribution in [1.82, 2.24) is 20.6 Å². The fraction of sp³-hybridized carbons (Fsp3) is 0.261. The topological polar surface area (TPSA) is 103 Å². The van der Waals surface area contributed by atoms with E-state index in [1.807, 2.05) is 30.3 Å². The number of halogens is 3. The highest BCUT2D eigenvalue weighted by Gasteiger charge is 2.18. The lowest BCUT2D eigenvalue weighted by Gasteiger charge is -2.16. The van der Waals surface area contributed by atoms with Crippen LogP contribution < -0.4 is 26.6 Å². The van der Waals surface area contributed by atoms with Gasteiger partial charge in [-0.2, -0.15) is 4.98 Å². The second-order valence-corrected chi connectivity index (χ2v) is 8.41. The highest BCUT2D eigenvalue weighted by atomic mass is 35.5. The second-order valence-electron chi connectivity index (χ2n) is 8.00. The molecular formula is C23H26Cl3N7O. The maximum atomic E-state index is 12.6. The molecule has 180 valence electrons. The highest BCUT2D eigenvalue weighted by Crippen LogP contribution is 2.29. The Bertz CT molecular complexity index is 1160. The number of amides is 2. The molecular weight excluding hydrogens is 497 g/mol. The normalized spacial score (nSPS) is 16.1. The van der Waals surface area contributed by atoms with Gasteiger partial charge in [-0.15, -0.1) is 24.8 Å². The van der Waals surface area contributed by atoms with Crippen molar-refractivity contribution >= 4 is 71.3 Å². The lowest BCUT2D eigenvalue weighted by atomic mass is 10.0. The Morgan fingerprint density at radius 3 is 2.74 bits per heavy atom. The predicted octanol–water partition coefficient (Wildman–Crippen LogP) is 5.04. The van der Waals surface area contributed by atoms with Gasteiger partial charge in [0.2, 0.25) is 5.95 Å². The van der Waals surface area contributed by atoms with Crippen LogP contribution in [0.5, 0.6) is 0 Å². The van der Waals surface area contributed by atoms with Crippen LogP contribution >= 0.6 is 36.4 Å². The predicted molar refractivity (Wildman–Crippen MR) is 142 cm³/mol. The zero-order valence-electron chi connectivity index (χ0n) is 18.2. The number of anilines is 5. The second kappa shape index (κ2) is 11.6. The summed E-state index contributed by atoms with van der Waals surface area (Å²) in [6, 6.07) is 14.0. The lowest BCUT2D eigenvalue weighted by molar-refractivity contribution is 0.249. The number of rotatable bonds is 2. The number of nitrogens with one attached hydrogen (secondary N) is 5. The molecule has 3 heterocycles. The smallest absolute Gasteiger partial charge is 0.319 e. The molecule has 34 heavy (non-hydrogen) atoms. The van der Waals surface area contributed by atoms with E-state index in [4.69, 9.17) is 11.6 Å². The Morgan fingerprint density at radius 2 is 1.91 bits per heavy atom. The van der Waals surface area contributed by atoms with Gasteiger partial charge in [-0.1, -0.05) is 23.7 Å². The minimum Gasteiger partial charge on any atom is -0.339 e. The van der Waals surface area contributed by atoms with E-state index in [9.17, 15) is 4.79 Å². The van der Waals surface area contributed by atoms with Crippen molar-refractivity contribution in [2.24, 2.45) is 0 Å². The largest absolute Gasteiger partial charge is 0.339 e. The Morgan fingerprint density at radius 1 is 1.06 bits per heavy atom. The standard InChI is InChI=1S/C23H24ClN7O.2ClH/c24-19-13-26-22-28-16-3-1-2-14(10-16)4-5-15-11-17(27-21(19)31-22)6-7-20(15)30-23(32)29-18-8-9-25-12-18;;/h1-3,6-7,10-11,13,18,25H,4-5,8-9,12H2,(H2,29,30,32)(H2,26,27,28,31);2*1H/t18-;;/m0../s1. The van der Waals surface area contributed by atoms with Crippen molar-refractivity contribution in [3.05, 3.63) is 64.8 Å². The molecule has 1 atom stereocenters. The van der Waals surface area contributed by atoms with E-state index in [1.54, 1.807) is 6.20 Å². The van der Waals surface area contributed by atoms with Gasteiger partial charge in [0.05, 0.1) is 6.20 Å². The average molecular weight is 523 g/mol. The van der Waals surface area contributed by atoms with Crippen molar-refractivity contribution < 1.29 is 4.79 Å². The zero-order chi connectivity index (χ0) is 21.9. The molecule has 1 saturated heterocycles. The molecule has 5 rings (SSSR count). The van der Waals surface area contributed by atoms with E-state index in [-0.39, 0.29) is 36.9 Å². The Hall–Kier alpha value is -2.78. The number of carbonyl (C=O) groups is 1. The number of nitrogens with zero attached hydrogens (tertiary/aromatic N) is 2. The third kappa shape index (κ3) is 6.21. The van der Waals surface area contributed by atoms with Crippen LogP contribution in [-0.2, 0) is 12.8 Å². The summed E-state index contributed by atoms with van der Waals surface area (Å²) in [6.45, 7) is 1.73. The van der Waals surface area contributed by atoms with Gasteiger partial charge in [-0.05, 0) is 67.3 Å². The molecule has 0 unspecified atom stereocenters. The van der Waals surface area contributed by atoms with Crippen LogP contribution in [0, 0.1) is 0 Å². The molecule has 2 aromatic carbocycles. The molecule has 11 heteroatoms. The number of benzene rings is 2. The van der Waals surface area contributed by atoms with Crippen molar-refractivity contribution in [1.29, 1.82) is 0 Å². The molecule has 5 N–H and O–H groups in total. The number of fused-ring (bicyclic) bond motifs is 6. The molecule has 2 amide bonds. The van der Waals surface area contributed by atoms with Gasteiger partial charge in [0.15, 0.2) is 5.82 Å². The summed E-state index contributed by atoms with van der Waals surface area (Å²) < 4.78 is 0. The van der Waals surface area contributed by atoms with Gasteiger partial charge < -0.3 is 26.6 Å². The maximum absolute atomic E-state index is 12.6. The molecule has 0 saturated carbocycles. The van der Waals surface area contributed by atoms with Gasteiger partial charge >= 0.3 is 6.03 Å². The first kappa shape index (κ1) is 25.8. The Labute approximate surface area is 215 Å². The van der Waals surface area contributed by atoms with E-state index in [0.717, 1.165) is 55.0 Å². The fourth-order valence-corrected chi connectivity index (χ4v) is 4.12. The van der Waals surface area contributed by atoms with E-state index < -0.39 is 0 Å². The Balaban J connectivity index is 0.00000162. The van der Waals surface area contributed by atoms with Gasteiger partial charge in [0, 0.05) is 29.6 Å². The summed E-state index contributed by atoms with van der Waals surface area (Å²) in [6.07, 6.45) is 4.09. The molecule has 1 fully saturated rings. The molecule has 3 aromatic rings. The first-order chi connectivity index (χ1) is 15.6. The first-order valence-electron chi connectivity index (χ1n) is 10.7. The molecule has 1 aromatic heterocycles. The van der Waals surface area contributed by atoms with Crippen molar-refractivity contribution in [3.63, 3.8) is 0 Å². The van der Waals surface area contributed by atoms with Gasteiger partial charge in [-0.3, -0.25) is 0 Å². The summed E-state index contributed by atoms with van der Waals surface area (Å²) in [4.78, 5) is 21.4. The third-order valence-electron chi connectivity index (χ3n) is 5.62. The molecule has 2 aliphatic rings. The van der Waals surface area contributed by atoms with Crippen molar-refractivity contribution in [2.45, 2.75) is 25.3 Å². The van der Waals surface area contributed by atoms with Gasteiger partial charge in [0.25, 0.3) is 0 Å². The fourth-order valence-electron chi connectivity index (χ4n) is 3.99. The van der Waals surface area contributed by atoms with Crippen LogP contribution in [0.4, 0.5) is 33.6 Å². The Kier molecular flexibility index (Phi) is 8.79. The summed E-state index contributed by atoms with van der Waals surface area (Å²) in [5.41, 5.74) is 4.73. The summed E-state index contributed by atoms with van der Waals surface area (Å²) in [7, 11) is 0. The average Bonchev–Trinajstić information content (AvgIpc) is 3.29. The van der Waals surface area contributed by atoms with E-state index in [1.165, 1.54) is 5.56 Å². The molecule has 0 spiro atoms. The summed E-state index contributed by atoms with van der Waals surface area (Å²) in [5, 5.41) is 16.3. The van der Waals surface area contributed by atoms with Crippen molar-refractivity contribution in [2.75, 3.05) is 29.0 Å². The number of aryl methyl sites for hydroxylation is 2. The molecule has 6 bridgehead atoms. The maximum Gasteiger partial charge on any atom is 0.319 e. The first-order valence-corrected chi connectivity index (χ1v) is 11.1. The SMILES string of the molecule is Cl.Cl.O=C(Nc1ccc2cc1CCc1cccc(c1)Nc1ncc(Cl)c(n1)N2)N[C@H]1CCNC1. The summed E-state index contributed by atoms with van der Waals surface area (Å²) in [5.74, 6) is 0.975. The highest BCUT2D eigenvalue weighted by molar-refractivity contribution is 6.32. The number of hydrogen-bond donors (Lipinski definition) is 5. The van der Waals surface area contributed by atoms with Crippen LogP contribution in [0.1, 0.15) is 17.5 Å². The van der Waals surface area contributed by atoms with Crippen LogP contribution in [0.2, 0.25) is 5.02 Å². The molecule has 8 nitrogen and oxygen atoms in total. The quantitative estimate of drug-likeness (QED) is 0.323. The number of hydrogen-bond acceptors (Lipinski definition) is 6. The van der Waals surface area contributed by atoms with Crippen molar-refractivity contribution in [3.8, 4) is 0 Å². The van der Waals surface area contributed by atoms with Crippen LogP contribution in [0.3, 0.4) is 0 Å². The van der Waals surface area contributed by atoms with E-state index >= 15 is 0 Å². The minimum absolute atomic E-state index is 0. The molecule has 2 aliphatic heterocycles. The molecule has 0 aliphatic carbocycles. The van der Waals surface area contributed by atoms with Crippen LogP contribution in [0.15, 0.2) is 48.7 Å². The number of urea groups is 1. The van der Waals surface area contributed by atoms with E-state index in [0.29, 0.717) is 16.8 Å². The summed E-state index contributed by atoms with van der Waals surface area (Å²) >= 11 is 6.33. The lowest BCUT2D eigenvalue weighted by Crippen LogP contribution is -2.39. The van der Waals surface area contributed by atoms with E-state index in [2.05, 4.69) is 48.7 Å². The third-order valence-corrected chi connectivity index (χ3v) is 5.90. The minimum atomic E-state index is -0.187. The monoisotopic (exact) mass is 521 g/mol. The van der Waals surface area contributed by atoms with Crippen LogP contribution in [-0.4, -0.2) is 35.1 Å². The number of carbonyl (C=O) groups excluding carboxylic acids is 1. The van der Waals surface area contributed by atoms with Gasteiger partial charge in [0.1, 0.15) is 5.02 Å². The van der Waals surface area contributed by atoms with Crippen LogP contribution in [0.25, 0.3) is 0 Å². The number of aromatic nitrogens is 2. The zero-order valence-corrected chi connectivity index (χ0v) is 20.6. The van der Waals surface area contributed by atoms with Gasteiger partial charge in [-0.25, -0.2) is 9.78 Å². The molecule has 0 radical (unpaired) electrons.